The van der Waals surface area contributed by atoms with Crippen molar-refractivity contribution < 1.29 is 9.47 Å². The number of nitrogens with one attached hydrogen (secondary N) is 1. The highest BCUT2D eigenvalue weighted by atomic mass is 16.5. The summed E-state index contributed by atoms with van der Waals surface area (Å²) in [6, 6.07) is 100. The molecule has 22 rings (SSSR count). The van der Waals surface area contributed by atoms with Crippen molar-refractivity contribution in [2.45, 2.75) is 67.5 Å². The van der Waals surface area contributed by atoms with Gasteiger partial charge in [0.2, 0.25) is 0 Å². The Kier molecular flexibility index (Phi) is 15.1. The van der Waals surface area contributed by atoms with Gasteiger partial charge >= 0.3 is 0 Å². The molecule has 3 aliphatic heterocycles. The molecule has 0 saturated carbocycles. The van der Waals surface area contributed by atoms with Crippen LogP contribution in [0, 0.1) is 11.8 Å². The van der Waals surface area contributed by atoms with Crippen LogP contribution in [0.2, 0.25) is 0 Å². The van der Waals surface area contributed by atoms with Crippen LogP contribution in [0.15, 0.2) is 391 Å². The smallest absolute Gasteiger partial charge is 0.161 e. The molecular formula is C104H76N4O2. The van der Waals surface area contributed by atoms with E-state index < -0.39 is 10.8 Å². The van der Waals surface area contributed by atoms with E-state index >= 15 is 0 Å². The van der Waals surface area contributed by atoms with Gasteiger partial charge in [-0.3, -0.25) is 4.99 Å². The van der Waals surface area contributed by atoms with Gasteiger partial charge in [0.1, 0.15) is 29.5 Å². The van der Waals surface area contributed by atoms with E-state index in [1.807, 2.05) is 0 Å². The van der Waals surface area contributed by atoms with Crippen LogP contribution < -0.4 is 10.1 Å². The molecule has 12 aromatic rings. The van der Waals surface area contributed by atoms with Crippen molar-refractivity contribution in [3.8, 4) is 61.9 Å². The summed E-state index contributed by atoms with van der Waals surface area (Å²) in [4.78, 5) is 16.5. The van der Waals surface area contributed by atoms with E-state index in [2.05, 4.69) is 357 Å². The fourth-order valence-electron chi connectivity index (χ4n) is 20.4. The maximum Gasteiger partial charge on any atom is 0.161 e. The Morgan fingerprint density at radius 2 is 1.06 bits per heavy atom. The van der Waals surface area contributed by atoms with E-state index in [9.17, 15) is 0 Å². The predicted octanol–water partition coefficient (Wildman–Crippen LogP) is 24.3. The molecule has 1 aromatic heterocycles. The van der Waals surface area contributed by atoms with E-state index in [0.717, 1.165) is 118 Å². The Hall–Kier alpha value is -13.0. The second-order valence-electron chi connectivity index (χ2n) is 30.8. The van der Waals surface area contributed by atoms with Crippen molar-refractivity contribution in [1.29, 1.82) is 0 Å². The van der Waals surface area contributed by atoms with E-state index in [0.29, 0.717) is 5.82 Å². The molecule has 11 aromatic carbocycles. The summed E-state index contributed by atoms with van der Waals surface area (Å²) in [6.07, 6.45) is 35.2. The minimum atomic E-state index is -0.480. The highest BCUT2D eigenvalue weighted by Gasteiger charge is 2.61. The first kappa shape index (κ1) is 64.2. The zero-order valence-electron chi connectivity index (χ0n) is 60.8. The van der Waals surface area contributed by atoms with Crippen molar-refractivity contribution in [2.75, 3.05) is 0 Å². The lowest BCUT2D eigenvalue weighted by molar-refractivity contribution is 0.111. The third kappa shape index (κ3) is 10.1. The van der Waals surface area contributed by atoms with Gasteiger partial charge in [0.25, 0.3) is 0 Å². The highest BCUT2D eigenvalue weighted by Crippen LogP contribution is 2.68. The van der Waals surface area contributed by atoms with Gasteiger partial charge in [-0.15, -0.1) is 0 Å². The largest absolute Gasteiger partial charge is 0.490 e. The fourth-order valence-corrected chi connectivity index (χ4v) is 20.4. The lowest BCUT2D eigenvalue weighted by Gasteiger charge is -2.49. The number of benzene rings is 11. The van der Waals surface area contributed by atoms with Crippen LogP contribution in [0.3, 0.4) is 0 Å². The van der Waals surface area contributed by atoms with Crippen LogP contribution in [0.5, 0.6) is 5.75 Å². The molecule has 4 heterocycles. The second kappa shape index (κ2) is 25.9. The zero-order valence-corrected chi connectivity index (χ0v) is 60.8. The number of aliphatic imine (C=N–C) groups is 1. The average molecular weight is 1410 g/mol. The topological polar surface area (TPSA) is 68.6 Å². The SMILES string of the molecule is C1=CCC2OC3=C(C=C(c4ccccc4C4N=C(c5ccccc5)C=C(C5=CC=C(c6cccc(C7=CC=CC8C7c7ccccc7C87c8cc(-c9ccccc9-c9nc(-c%10ccccc%10)cc(-c%10ccc%11ccccc%11c%10)n9)ccc8OC8=CC=CCC87)c6)CC5)N4)CC3)C3(C2=C1)c1ccccc1-c1ccccc13. The van der Waals surface area contributed by atoms with Gasteiger partial charge in [0.15, 0.2) is 5.82 Å². The molecular weight excluding hydrogens is 1340 g/mol. The molecule has 6 atom stereocenters. The van der Waals surface area contributed by atoms with Crippen LogP contribution >= 0.6 is 0 Å². The molecule has 1 N–H and O–H groups in total. The molecule has 0 saturated heterocycles. The van der Waals surface area contributed by atoms with E-state index in [1.54, 1.807) is 0 Å². The van der Waals surface area contributed by atoms with Gasteiger partial charge < -0.3 is 14.8 Å². The van der Waals surface area contributed by atoms with Crippen LogP contribution in [0.4, 0.5) is 0 Å². The molecule has 6 nitrogen and oxygen atoms in total. The Morgan fingerprint density at radius 1 is 0.418 bits per heavy atom. The quantitative estimate of drug-likeness (QED) is 0.148. The molecule has 6 heteroatoms. The van der Waals surface area contributed by atoms with Crippen molar-refractivity contribution in [2.24, 2.45) is 16.8 Å². The number of hydrogen-bond acceptors (Lipinski definition) is 6. The molecule has 524 valence electrons. The third-order valence-corrected chi connectivity index (χ3v) is 25.2. The van der Waals surface area contributed by atoms with E-state index in [4.69, 9.17) is 24.4 Å². The lowest BCUT2D eigenvalue weighted by Crippen LogP contribution is -2.46. The van der Waals surface area contributed by atoms with Crippen molar-refractivity contribution in [3.05, 3.63) is 442 Å². The number of rotatable bonds is 10. The Balaban J connectivity index is 0.594. The molecule has 0 bridgehead atoms. The number of aromatic nitrogens is 2. The fraction of sp³-hybridized carbons (Fsp3) is 0.125. The molecule has 10 aliphatic rings. The maximum atomic E-state index is 7.17. The summed E-state index contributed by atoms with van der Waals surface area (Å²) < 4.78 is 14.3. The Labute approximate surface area is 641 Å². The molecule has 6 unspecified atom stereocenters. The van der Waals surface area contributed by atoms with Crippen LogP contribution in [-0.2, 0) is 15.6 Å². The van der Waals surface area contributed by atoms with E-state index in [1.165, 1.54) is 99.8 Å². The van der Waals surface area contributed by atoms with E-state index in [-0.39, 0.29) is 30.0 Å². The number of allylic oxidation sites excluding steroid dienone is 19. The van der Waals surface area contributed by atoms with Crippen molar-refractivity contribution >= 4 is 33.2 Å². The van der Waals surface area contributed by atoms with Crippen LogP contribution in [-0.4, -0.2) is 21.8 Å². The first-order valence-corrected chi connectivity index (χ1v) is 39.1. The molecule has 0 fully saturated rings. The molecule has 0 amide bonds. The minimum absolute atomic E-state index is 0.0184. The van der Waals surface area contributed by atoms with Gasteiger partial charge in [-0.05, 0) is 174 Å². The zero-order chi connectivity index (χ0) is 72.4. The Morgan fingerprint density at radius 3 is 1.87 bits per heavy atom. The lowest BCUT2D eigenvalue weighted by atomic mass is 9.56. The van der Waals surface area contributed by atoms with Gasteiger partial charge in [0.05, 0.1) is 22.5 Å². The number of nitrogens with zero attached hydrogens (tertiary/aromatic N) is 3. The van der Waals surface area contributed by atoms with Gasteiger partial charge in [-0.1, -0.05) is 309 Å². The molecule has 2 spiro atoms. The van der Waals surface area contributed by atoms with Crippen molar-refractivity contribution in [3.63, 3.8) is 0 Å². The number of ether oxygens (including phenoxy) is 2. The minimum Gasteiger partial charge on any atom is -0.490 e. The first-order chi connectivity index (χ1) is 54.5. The highest BCUT2D eigenvalue weighted by molar-refractivity contribution is 6.10. The first-order valence-electron chi connectivity index (χ1n) is 39.1. The predicted molar refractivity (Wildman–Crippen MR) is 447 cm³/mol. The summed E-state index contributed by atoms with van der Waals surface area (Å²) in [5.41, 5.74) is 31.2. The molecule has 0 radical (unpaired) electrons. The van der Waals surface area contributed by atoms with Crippen LogP contribution in [0.1, 0.15) is 106 Å². The number of hydrogen-bond donors (Lipinski definition) is 1. The van der Waals surface area contributed by atoms with Gasteiger partial charge in [0, 0.05) is 75.1 Å². The monoisotopic (exact) mass is 1410 g/mol. The van der Waals surface area contributed by atoms with Crippen molar-refractivity contribution in [1.82, 2.24) is 15.3 Å². The normalized spacial score (nSPS) is 21.8. The van der Waals surface area contributed by atoms with Gasteiger partial charge in [-0.2, -0.15) is 0 Å². The summed E-state index contributed by atoms with van der Waals surface area (Å²) in [6.45, 7) is 0. The standard InChI is InChI=1S/C104H76N4O2/c1-3-26-67(27-4-1)92-63-94(107-101(105-92)81-37-11-9-33-76(81)73-55-57-98-90(61-73)103(87-44-19-21-47-96(87)109-98)84-41-16-13-35-79(84)80-36-14-17-42-85(80)103)69-52-49-66(50-53-69)71-31-23-32-72(59-71)78-40-24-46-89-100(78)83-39-15-18-43-86(83)104(89)88-45-20-22-48-97(88)110-99-58-56-74(62-91(99)104)77-34-10-12-38-82(77)102-106-93(68-28-5-2-6-29-68)64-95(108-102)75-54-51-65-25-7-8-30-70(65)60-75/h1-44,46,48-49,51-52,54,56,58-64,88-89,96,100-101,107H,45,47,50,53,55,57H2. The second-order valence-corrected chi connectivity index (χ2v) is 30.8. The summed E-state index contributed by atoms with van der Waals surface area (Å²) in [7, 11) is 0. The Bertz CT molecular complexity index is 6260. The molecule has 7 aliphatic carbocycles. The maximum absolute atomic E-state index is 7.17. The summed E-state index contributed by atoms with van der Waals surface area (Å²) in [5.74, 6) is 3.91. The number of fused-ring (bicyclic) bond motifs is 18. The third-order valence-electron chi connectivity index (χ3n) is 25.2. The van der Waals surface area contributed by atoms with Gasteiger partial charge in [-0.25, -0.2) is 9.97 Å². The summed E-state index contributed by atoms with van der Waals surface area (Å²) >= 11 is 0. The van der Waals surface area contributed by atoms with Crippen LogP contribution in [0.25, 0.3) is 83.6 Å². The molecule has 110 heavy (non-hydrogen) atoms. The average Bonchev–Trinajstić information content (AvgIpc) is 1.50. The summed E-state index contributed by atoms with van der Waals surface area (Å²) in [5, 5.41) is 6.44.